The van der Waals surface area contributed by atoms with E-state index in [1.807, 2.05) is 0 Å². The number of carbonyl (C=O) groups excluding carboxylic acids is 2. The minimum atomic E-state index is -3.12. The highest BCUT2D eigenvalue weighted by Crippen LogP contribution is 2.23. The molecule has 0 aliphatic rings. The van der Waals surface area contributed by atoms with Crippen LogP contribution in [-0.2, 0) is 13.6 Å². The maximum Gasteiger partial charge on any atom is 0.818 e. The van der Waals surface area contributed by atoms with Gasteiger partial charge in [0.25, 0.3) is 0 Å². The van der Waals surface area contributed by atoms with Crippen LogP contribution in [0.1, 0.15) is 0 Å². The Bertz CT molecular complexity index is 612. The standard InChI is InChI=1S/C10H8N4O7P/c15-9(18-13-5-1-3-11-7-13)20-22(17)21-10(16)19-14-6-2-4-12-8-14/h1-8H/q+3. The minimum absolute atomic E-state index is 0.898. The lowest BCUT2D eigenvalue weighted by atomic mass is 10.7. The first-order valence-electron chi connectivity index (χ1n) is 5.54. The van der Waals surface area contributed by atoms with Crippen molar-refractivity contribution in [1.29, 1.82) is 0 Å². The van der Waals surface area contributed by atoms with Crippen molar-refractivity contribution in [3.63, 3.8) is 0 Å². The largest absolute Gasteiger partial charge is 0.818 e. The highest BCUT2D eigenvalue weighted by atomic mass is 31.1. The maximum absolute atomic E-state index is 11.3. The van der Waals surface area contributed by atoms with Gasteiger partial charge in [0.1, 0.15) is 24.8 Å². The van der Waals surface area contributed by atoms with Crippen molar-refractivity contribution in [2.24, 2.45) is 0 Å². The van der Waals surface area contributed by atoms with Crippen molar-refractivity contribution in [2.45, 2.75) is 0 Å². The number of hydrogen-bond acceptors (Lipinski definition) is 9. The molecule has 0 atom stereocenters. The van der Waals surface area contributed by atoms with E-state index in [0.717, 1.165) is 22.1 Å². The zero-order chi connectivity index (χ0) is 15.8. The first-order chi connectivity index (χ1) is 10.6. The van der Waals surface area contributed by atoms with Gasteiger partial charge in [0.2, 0.25) is 0 Å². The molecule has 0 aliphatic carbocycles. The fraction of sp³-hybridized carbons (Fsp3) is 0. The number of nitrogens with zero attached hydrogens (tertiary/aromatic N) is 4. The molecule has 0 N–H and O–H groups in total. The first kappa shape index (κ1) is 15.2. The minimum Gasteiger partial charge on any atom is -0.211 e. The highest BCUT2D eigenvalue weighted by molar-refractivity contribution is 7.34. The average molecular weight is 327 g/mol. The molecule has 0 radical (unpaired) electrons. The molecule has 2 aromatic heterocycles. The molecule has 0 unspecified atom stereocenters. The normalized spacial score (nSPS) is 9.45. The molecule has 2 heterocycles. The van der Waals surface area contributed by atoms with Gasteiger partial charge in [0.05, 0.1) is 0 Å². The Balaban J connectivity index is 1.77. The quantitative estimate of drug-likeness (QED) is 0.542. The summed E-state index contributed by atoms with van der Waals surface area (Å²) in [6, 6.07) is 2.96. The van der Waals surface area contributed by atoms with Gasteiger partial charge in [-0.05, 0) is 9.46 Å². The zero-order valence-electron chi connectivity index (χ0n) is 10.7. The molecular formula is C10H8N4O7P+3. The molecule has 0 aromatic carbocycles. The molecule has 0 bridgehead atoms. The molecule has 22 heavy (non-hydrogen) atoms. The van der Waals surface area contributed by atoms with Crippen molar-refractivity contribution in [3.05, 3.63) is 49.6 Å². The molecule has 0 saturated carbocycles. The van der Waals surface area contributed by atoms with E-state index < -0.39 is 20.6 Å². The third-order valence-electron chi connectivity index (χ3n) is 1.83. The first-order valence-corrected chi connectivity index (χ1v) is 6.63. The smallest absolute Gasteiger partial charge is 0.211 e. The van der Waals surface area contributed by atoms with Gasteiger partial charge < -0.3 is 0 Å². The molecule has 112 valence electrons. The van der Waals surface area contributed by atoms with Crippen molar-refractivity contribution in [3.8, 4) is 0 Å². The van der Waals surface area contributed by atoms with Crippen LogP contribution in [0.3, 0.4) is 0 Å². The lowest BCUT2D eigenvalue weighted by Crippen LogP contribution is -2.46. The third-order valence-corrected chi connectivity index (χ3v) is 2.43. The van der Waals surface area contributed by atoms with Crippen LogP contribution in [0.15, 0.2) is 49.6 Å². The number of hydrogen-bond donors (Lipinski definition) is 0. The summed E-state index contributed by atoms with van der Waals surface area (Å²) >= 11 is 0. The average Bonchev–Trinajstić information content (AvgIpc) is 2.48. The molecule has 11 nitrogen and oxygen atoms in total. The SMILES string of the molecule is O=C(O[n+]1cccnc1)O[P+](=O)OC(=O)O[n+]1cccnc1. The topological polar surface area (TPSA) is 122 Å². The second-order valence-corrected chi connectivity index (χ2v) is 4.13. The lowest BCUT2D eigenvalue weighted by molar-refractivity contribution is -0.872. The van der Waals surface area contributed by atoms with Crippen LogP contribution in [0.25, 0.3) is 0 Å². The molecular weight excluding hydrogens is 319 g/mol. The lowest BCUT2D eigenvalue weighted by Gasteiger charge is -1.93. The van der Waals surface area contributed by atoms with E-state index in [2.05, 4.69) is 28.7 Å². The van der Waals surface area contributed by atoms with Crippen molar-refractivity contribution >= 4 is 20.6 Å². The highest BCUT2D eigenvalue weighted by Gasteiger charge is 2.36. The molecule has 0 aliphatic heterocycles. The second-order valence-electron chi connectivity index (χ2n) is 3.32. The monoisotopic (exact) mass is 327 g/mol. The van der Waals surface area contributed by atoms with Crippen LogP contribution >= 0.6 is 8.25 Å². The van der Waals surface area contributed by atoms with Crippen LogP contribution in [0, 0.1) is 0 Å². The van der Waals surface area contributed by atoms with E-state index in [9.17, 15) is 14.2 Å². The fourth-order valence-corrected chi connectivity index (χ4v) is 1.43. The van der Waals surface area contributed by atoms with Gasteiger partial charge in [0, 0.05) is 16.7 Å². The Kier molecular flexibility index (Phi) is 5.21. The van der Waals surface area contributed by atoms with Gasteiger partial charge in [0.15, 0.2) is 0 Å². The van der Waals surface area contributed by atoms with Crippen LogP contribution in [0.5, 0.6) is 0 Å². The van der Waals surface area contributed by atoms with Crippen molar-refractivity contribution in [2.75, 3.05) is 0 Å². The molecule has 0 fully saturated rings. The van der Waals surface area contributed by atoms with Crippen LogP contribution in [-0.4, -0.2) is 22.3 Å². The van der Waals surface area contributed by atoms with E-state index in [1.54, 1.807) is 0 Å². The van der Waals surface area contributed by atoms with E-state index in [1.165, 1.54) is 36.9 Å². The summed E-state index contributed by atoms with van der Waals surface area (Å²) < 4.78 is 21.5. The molecule has 2 rings (SSSR count). The van der Waals surface area contributed by atoms with Crippen LogP contribution < -0.4 is 19.1 Å². The Morgan fingerprint density at radius 2 is 1.32 bits per heavy atom. The van der Waals surface area contributed by atoms with Crippen molar-refractivity contribution < 1.29 is 42.3 Å². The van der Waals surface area contributed by atoms with Gasteiger partial charge in [-0.15, -0.1) is 9.05 Å². The fourth-order valence-electron chi connectivity index (χ4n) is 1.09. The zero-order valence-corrected chi connectivity index (χ0v) is 11.6. The Labute approximate surface area is 123 Å². The molecule has 0 saturated heterocycles. The maximum atomic E-state index is 11.3. The second kappa shape index (κ2) is 7.55. The van der Waals surface area contributed by atoms with Gasteiger partial charge in [-0.1, -0.05) is 9.97 Å². The summed E-state index contributed by atoms with van der Waals surface area (Å²) in [4.78, 5) is 38.9. The summed E-state index contributed by atoms with van der Waals surface area (Å²) in [6.07, 6.45) is 5.17. The Morgan fingerprint density at radius 3 is 1.68 bits per heavy atom. The number of aromatic nitrogens is 4. The summed E-state index contributed by atoms with van der Waals surface area (Å²) in [5, 5.41) is 0. The third kappa shape index (κ3) is 5.06. The van der Waals surface area contributed by atoms with Crippen molar-refractivity contribution in [1.82, 2.24) is 9.97 Å². The summed E-state index contributed by atoms with van der Waals surface area (Å²) in [5.74, 6) is 0. The van der Waals surface area contributed by atoms with Gasteiger partial charge >= 0.3 is 33.2 Å². The number of rotatable bonds is 4. The van der Waals surface area contributed by atoms with E-state index in [4.69, 9.17) is 0 Å². The Morgan fingerprint density at radius 1 is 0.864 bits per heavy atom. The summed E-state index contributed by atoms with van der Waals surface area (Å²) in [5.41, 5.74) is 0. The summed E-state index contributed by atoms with van der Waals surface area (Å²) in [6.45, 7) is 0. The number of carbonyl (C=O) groups is 2. The van der Waals surface area contributed by atoms with Gasteiger partial charge in [-0.25, -0.2) is 9.68 Å². The molecule has 0 spiro atoms. The van der Waals surface area contributed by atoms with Gasteiger partial charge in [-0.2, -0.15) is 9.59 Å². The molecule has 0 amide bonds. The van der Waals surface area contributed by atoms with Crippen LogP contribution in [0.4, 0.5) is 9.59 Å². The van der Waals surface area contributed by atoms with Gasteiger partial charge in [-0.3, -0.25) is 0 Å². The summed E-state index contributed by atoms with van der Waals surface area (Å²) in [7, 11) is -3.12. The Hall–Kier alpha value is -3.20. The van der Waals surface area contributed by atoms with E-state index >= 15 is 0 Å². The predicted molar refractivity (Wildman–Crippen MR) is 62.6 cm³/mol. The molecule has 12 heteroatoms. The van der Waals surface area contributed by atoms with E-state index in [0.29, 0.717) is 0 Å². The van der Waals surface area contributed by atoms with Crippen LogP contribution in [0.2, 0.25) is 0 Å². The molecule has 2 aromatic rings. The predicted octanol–water partition coefficient (Wildman–Crippen LogP) is -0.460. The van der Waals surface area contributed by atoms with E-state index in [-0.39, 0.29) is 0 Å².